The first-order chi connectivity index (χ1) is 26.8. The second kappa shape index (κ2) is 20.1. The molecule has 0 radical (unpaired) electrons. The molecule has 0 aliphatic carbocycles. The lowest BCUT2D eigenvalue weighted by Gasteiger charge is -2.27. The van der Waals surface area contributed by atoms with Crippen molar-refractivity contribution in [2.24, 2.45) is 5.41 Å². The lowest BCUT2D eigenvalue weighted by Crippen LogP contribution is -2.16. The minimum absolute atomic E-state index is 0.00776. The van der Waals surface area contributed by atoms with E-state index in [2.05, 4.69) is 167 Å². The molecule has 0 fully saturated rings. The van der Waals surface area contributed by atoms with Crippen LogP contribution in [0.1, 0.15) is 194 Å². The van der Waals surface area contributed by atoms with Gasteiger partial charge in [0.2, 0.25) is 0 Å². The van der Waals surface area contributed by atoms with E-state index in [0.717, 1.165) is 70.8 Å². The molecule has 0 spiro atoms. The van der Waals surface area contributed by atoms with Crippen LogP contribution >= 0.6 is 0 Å². The molecule has 3 aromatic carbocycles. The fourth-order valence-electron chi connectivity index (χ4n) is 6.99. The maximum absolute atomic E-state index is 12.4. The van der Waals surface area contributed by atoms with Crippen LogP contribution in [0.4, 0.5) is 0 Å². The third-order valence-corrected chi connectivity index (χ3v) is 11.3. The van der Waals surface area contributed by atoms with E-state index in [4.69, 9.17) is 14.2 Å². The number of hydrogen-bond donors (Lipinski definition) is 1. The summed E-state index contributed by atoms with van der Waals surface area (Å²) in [6.45, 7) is 42.1. The van der Waals surface area contributed by atoms with Gasteiger partial charge in [-0.3, -0.25) is 0 Å². The lowest BCUT2D eigenvalue weighted by molar-refractivity contribution is 0.211. The zero-order chi connectivity index (χ0) is 43.8. The van der Waals surface area contributed by atoms with Crippen molar-refractivity contribution in [3.63, 3.8) is 0 Å². The summed E-state index contributed by atoms with van der Waals surface area (Å²) in [5, 5.41) is 12.4. The topological polar surface area (TPSA) is 47.9 Å². The molecule has 0 aromatic heterocycles. The van der Waals surface area contributed by atoms with Gasteiger partial charge in [-0.05, 0) is 117 Å². The molecular formula is C54H82O4. The minimum Gasteiger partial charge on any atom is -0.507 e. The van der Waals surface area contributed by atoms with Gasteiger partial charge in [-0.15, -0.1) is 0 Å². The average Bonchev–Trinajstić information content (AvgIpc) is 3.11. The van der Waals surface area contributed by atoms with Gasteiger partial charge < -0.3 is 19.3 Å². The van der Waals surface area contributed by atoms with Gasteiger partial charge in [0.1, 0.15) is 17.2 Å². The number of aromatic hydroxyl groups is 1. The molecule has 0 saturated carbocycles. The summed E-state index contributed by atoms with van der Waals surface area (Å²) < 4.78 is 19.7. The lowest BCUT2D eigenvalue weighted by atomic mass is 9.80. The third-order valence-electron chi connectivity index (χ3n) is 11.3. The maximum Gasteiger partial charge on any atom is 0.126 e. The standard InChI is InChI=1S/C54H82O4/c1-19-23-56-37(6)39(26-36(5)51(7,8)9)27-40-31-46(53(13,14)15)32-41(48(40)55)28-42-33-47(54(16,17)18)35-44(50(42)58-25-21-3)29-43-34-45(52(10,11)12)30-38(22-4)49(43)57-24-20-2/h26,30-35,55H,19-25,27-29H2,1-18H3. The van der Waals surface area contributed by atoms with Crippen LogP contribution in [0.3, 0.4) is 0 Å². The van der Waals surface area contributed by atoms with E-state index in [9.17, 15) is 5.11 Å². The van der Waals surface area contributed by atoms with E-state index >= 15 is 0 Å². The first kappa shape index (κ1) is 48.7. The van der Waals surface area contributed by atoms with Gasteiger partial charge in [-0.2, -0.15) is 0 Å². The molecule has 1 N–H and O–H groups in total. The summed E-state index contributed by atoms with van der Waals surface area (Å²) in [4.78, 5) is 0. The van der Waals surface area contributed by atoms with Gasteiger partial charge in [0.15, 0.2) is 0 Å². The molecule has 0 aliphatic rings. The molecular weight excluding hydrogens is 713 g/mol. The predicted molar refractivity (Wildman–Crippen MR) is 250 cm³/mol. The summed E-state index contributed by atoms with van der Waals surface area (Å²) in [7, 11) is 0. The van der Waals surface area contributed by atoms with Crippen LogP contribution < -0.4 is 9.47 Å². The highest BCUT2D eigenvalue weighted by Crippen LogP contribution is 2.41. The third kappa shape index (κ3) is 13.2. The Balaban J connectivity index is 2.39. The van der Waals surface area contributed by atoms with Crippen LogP contribution in [0.5, 0.6) is 17.2 Å². The monoisotopic (exact) mass is 795 g/mol. The SMILES string of the molecule is CCCOC(C)=C(C=C(C)C(C)(C)C)Cc1cc(C(C)(C)C)cc(Cc2cc(C(C)(C)C)cc(Cc3cc(C(C)(C)C)cc(CC)c3OCCC)c2OCCC)c1O. The Kier molecular flexibility index (Phi) is 16.8. The second-order valence-corrected chi connectivity index (χ2v) is 20.7. The molecule has 58 heavy (non-hydrogen) atoms. The molecule has 3 rings (SSSR count). The fourth-order valence-corrected chi connectivity index (χ4v) is 6.99. The van der Waals surface area contributed by atoms with Gasteiger partial charge in [0.25, 0.3) is 0 Å². The average molecular weight is 795 g/mol. The number of phenolic OH excluding ortho intramolecular Hbond substituents is 1. The van der Waals surface area contributed by atoms with Gasteiger partial charge >= 0.3 is 0 Å². The number of phenols is 1. The van der Waals surface area contributed by atoms with E-state index in [1.165, 1.54) is 33.4 Å². The first-order valence-electron chi connectivity index (χ1n) is 22.3. The van der Waals surface area contributed by atoms with Crippen LogP contribution in [0.2, 0.25) is 0 Å². The van der Waals surface area contributed by atoms with Crippen molar-refractivity contribution in [1.29, 1.82) is 0 Å². The van der Waals surface area contributed by atoms with Gasteiger partial charge in [0.05, 0.1) is 25.6 Å². The van der Waals surface area contributed by atoms with Gasteiger partial charge in [0, 0.05) is 19.3 Å². The summed E-state index contributed by atoms with van der Waals surface area (Å²) in [6, 6.07) is 13.9. The molecule has 0 bridgehead atoms. The normalized spacial score (nSPS) is 13.4. The number of benzene rings is 3. The van der Waals surface area contributed by atoms with Crippen molar-refractivity contribution < 1.29 is 19.3 Å². The number of aryl methyl sites for hydroxylation is 1. The molecule has 3 aromatic rings. The quantitative estimate of drug-likeness (QED) is 0.109. The van der Waals surface area contributed by atoms with Crippen molar-refractivity contribution >= 4 is 0 Å². The number of hydrogen-bond acceptors (Lipinski definition) is 4. The molecule has 4 heteroatoms. The van der Waals surface area contributed by atoms with Crippen molar-refractivity contribution in [3.05, 3.63) is 109 Å². The van der Waals surface area contributed by atoms with Crippen molar-refractivity contribution in [2.45, 2.75) is 186 Å². The number of allylic oxidation sites excluding steroid dienone is 4. The summed E-state index contributed by atoms with van der Waals surface area (Å²) in [5.74, 6) is 3.19. The largest absolute Gasteiger partial charge is 0.507 e. The van der Waals surface area contributed by atoms with E-state index in [1.807, 2.05) is 0 Å². The Bertz CT molecular complexity index is 1890. The van der Waals surface area contributed by atoms with Crippen molar-refractivity contribution in [2.75, 3.05) is 19.8 Å². The molecule has 4 nitrogen and oxygen atoms in total. The molecule has 322 valence electrons. The number of rotatable bonds is 17. The van der Waals surface area contributed by atoms with Crippen LogP contribution in [-0.4, -0.2) is 24.9 Å². The Morgan fingerprint density at radius 1 is 0.534 bits per heavy atom. The van der Waals surface area contributed by atoms with E-state index < -0.39 is 0 Å². The first-order valence-corrected chi connectivity index (χ1v) is 22.3. The molecule has 0 saturated heterocycles. The van der Waals surface area contributed by atoms with Crippen LogP contribution in [0.15, 0.2) is 59.4 Å². The van der Waals surface area contributed by atoms with E-state index in [0.29, 0.717) is 44.8 Å². The van der Waals surface area contributed by atoms with Crippen molar-refractivity contribution in [1.82, 2.24) is 0 Å². The highest BCUT2D eigenvalue weighted by molar-refractivity contribution is 5.56. The van der Waals surface area contributed by atoms with Crippen LogP contribution in [0.25, 0.3) is 0 Å². The summed E-state index contributed by atoms with van der Waals surface area (Å²) in [6.07, 6.45) is 7.78. The van der Waals surface area contributed by atoms with Gasteiger partial charge in [-0.25, -0.2) is 0 Å². The zero-order valence-electron chi connectivity index (χ0n) is 40.3. The predicted octanol–water partition coefficient (Wildman–Crippen LogP) is 14.8. The Morgan fingerprint density at radius 3 is 1.31 bits per heavy atom. The Hall–Kier alpha value is -3.66. The maximum atomic E-state index is 12.4. The molecule has 0 unspecified atom stereocenters. The van der Waals surface area contributed by atoms with Crippen LogP contribution in [-0.2, 0) is 46.7 Å². The fraction of sp³-hybridized carbons (Fsp3) is 0.593. The van der Waals surface area contributed by atoms with Crippen LogP contribution in [0, 0.1) is 5.41 Å². The smallest absolute Gasteiger partial charge is 0.126 e. The van der Waals surface area contributed by atoms with E-state index in [1.54, 1.807) is 0 Å². The second-order valence-electron chi connectivity index (χ2n) is 20.7. The highest BCUT2D eigenvalue weighted by Gasteiger charge is 2.26. The zero-order valence-corrected chi connectivity index (χ0v) is 40.3. The van der Waals surface area contributed by atoms with Crippen molar-refractivity contribution in [3.8, 4) is 17.2 Å². The Labute approximate surface area is 355 Å². The number of ether oxygens (including phenoxy) is 3. The molecule has 0 heterocycles. The molecule has 0 aliphatic heterocycles. The Morgan fingerprint density at radius 2 is 0.914 bits per heavy atom. The van der Waals surface area contributed by atoms with E-state index in [-0.39, 0.29) is 21.7 Å². The van der Waals surface area contributed by atoms with Gasteiger partial charge in [-0.1, -0.05) is 159 Å². The highest BCUT2D eigenvalue weighted by atomic mass is 16.5. The summed E-state index contributed by atoms with van der Waals surface area (Å²) >= 11 is 0. The summed E-state index contributed by atoms with van der Waals surface area (Å²) in [5.41, 5.74) is 12.5. The molecule has 0 amide bonds. The molecule has 0 atom stereocenters. The minimum atomic E-state index is -0.129.